The number of hydrogen-bond donors (Lipinski definition) is 1. The van der Waals surface area contributed by atoms with Crippen molar-refractivity contribution in [3.05, 3.63) is 0 Å². The number of phosphoric acid groups is 1. The van der Waals surface area contributed by atoms with Gasteiger partial charge in [0.2, 0.25) is 0 Å². The minimum absolute atomic E-state index is 0.138. The number of piperidine rings is 3. The standard InChI is InChI=1S/C29H56NO7P/c1-4-5-6-7-8-9-10-11-12-13-14-15-16-17-22-34-24-28(36-26(2)31)25-35-38(32,33)37-29-23-30(3)20-18-27(29)19-21-30/h27-29H,4-25H2,1-3H3/p+1. The lowest BCUT2D eigenvalue weighted by Gasteiger charge is -2.50. The Bertz CT molecular complexity index is 684. The van der Waals surface area contributed by atoms with Crippen molar-refractivity contribution in [2.24, 2.45) is 5.92 Å². The number of likely N-dealkylation sites (N-methyl/N-ethyl adjacent to an activating group) is 1. The van der Waals surface area contributed by atoms with Crippen LogP contribution in [0.3, 0.4) is 0 Å². The predicted octanol–water partition coefficient (Wildman–Crippen LogP) is 6.79. The van der Waals surface area contributed by atoms with E-state index >= 15 is 0 Å². The molecule has 1 N–H and O–H groups in total. The number of quaternary nitrogens is 1. The Morgan fingerprint density at radius 2 is 1.42 bits per heavy atom. The number of ether oxygens (including phenoxy) is 2. The highest BCUT2D eigenvalue weighted by Crippen LogP contribution is 2.48. The number of phosphoric ester groups is 1. The molecule has 3 aliphatic heterocycles. The maximum absolute atomic E-state index is 12.6. The number of unbranched alkanes of at least 4 members (excludes halogenated alkanes) is 13. The van der Waals surface area contributed by atoms with Crippen LogP contribution in [0.15, 0.2) is 0 Å². The smallest absolute Gasteiger partial charge is 0.458 e. The van der Waals surface area contributed by atoms with Crippen LogP contribution in [0.4, 0.5) is 0 Å². The summed E-state index contributed by atoms with van der Waals surface area (Å²) in [7, 11) is -2.08. The van der Waals surface area contributed by atoms with Gasteiger partial charge in [0, 0.05) is 32.3 Å². The maximum atomic E-state index is 12.6. The molecule has 0 saturated carbocycles. The number of carbonyl (C=O) groups excluding carboxylic acids is 1. The lowest BCUT2D eigenvalue weighted by Crippen LogP contribution is -2.61. The van der Waals surface area contributed by atoms with Gasteiger partial charge in [0.15, 0.2) is 0 Å². The van der Waals surface area contributed by atoms with Crippen molar-refractivity contribution in [2.45, 2.75) is 129 Å². The Balaban J connectivity index is 1.49. The van der Waals surface area contributed by atoms with E-state index in [1.165, 1.54) is 84.0 Å². The van der Waals surface area contributed by atoms with Crippen molar-refractivity contribution in [3.63, 3.8) is 0 Å². The van der Waals surface area contributed by atoms with Crippen molar-refractivity contribution in [1.29, 1.82) is 0 Å². The summed E-state index contributed by atoms with van der Waals surface area (Å²) in [6, 6.07) is 0. The first-order chi connectivity index (χ1) is 18.2. The average molecular weight is 563 g/mol. The summed E-state index contributed by atoms with van der Waals surface area (Å²) in [5.41, 5.74) is 0. The fraction of sp³-hybridized carbons (Fsp3) is 0.966. The van der Waals surface area contributed by atoms with Gasteiger partial charge in [-0.25, -0.2) is 4.57 Å². The third kappa shape index (κ3) is 14.8. The molecule has 0 radical (unpaired) electrons. The average Bonchev–Trinajstić information content (AvgIpc) is 2.86. The second kappa shape index (κ2) is 18.8. The molecule has 3 fully saturated rings. The van der Waals surface area contributed by atoms with Gasteiger partial charge in [-0.2, -0.15) is 0 Å². The molecule has 0 aromatic rings. The van der Waals surface area contributed by atoms with Crippen LogP contribution in [-0.4, -0.2) is 74.1 Å². The summed E-state index contributed by atoms with van der Waals surface area (Å²) < 4.78 is 35.2. The molecule has 224 valence electrons. The second-order valence-electron chi connectivity index (χ2n) is 11.9. The summed E-state index contributed by atoms with van der Waals surface area (Å²) in [5.74, 6) is -0.168. The lowest BCUT2D eigenvalue weighted by molar-refractivity contribution is -0.928. The van der Waals surface area contributed by atoms with Crippen LogP contribution in [0.5, 0.6) is 0 Å². The van der Waals surface area contributed by atoms with Gasteiger partial charge in [-0.3, -0.25) is 13.8 Å². The maximum Gasteiger partial charge on any atom is 0.472 e. The molecule has 8 nitrogen and oxygen atoms in total. The van der Waals surface area contributed by atoms with Gasteiger partial charge in [-0.15, -0.1) is 0 Å². The van der Waals surface area contributed by atoms with E-state index in [-0.39, 0.29) is 19.3 Å². The van der Waals surface area contributed by atoms with Crippen LogP contribution in [0.1, 0.15) is 117 Å². The quantitative estimate of drug-likeness (QED) is 0.0635. The molecule has 3 heterocycles. The molecular weight excluding hydrogens is 505 g/mol. The summed E-state index contributed by atoms with van der Waals surface area (Å²) in [6.45, 7) is 6.97. The third-order valence-electron chi connectivity index (χ3n) is 8.20. The van der Waals surface area contributed by atoms with Crippen LogP contribution >= 0.6 is 7.82 Å². The Labute approximate surface area is 232 Å². The van der Waals surface area contributed by atoms with E-state index in [1.54, 1.807) is 0 Å². The van der Waals surface area contributed by atoms with Crippen LogP contribution in [0, 0.1) is 5.92 Å². The van der Waals surface area contributed by atoms with Crippen LogP contribution in [-0.2, 0) is 27.9 Å². The molecule has 0 aromatic carbocycles. The van der Waals surface area contributed by atoms with E-state index in [1.807, 2.05) is 0 Å². The van der Waals surface area contributed by atoms with E-state index < -0.39 is 19.9 Å². The molecule has 3 rings (SSSR count). The normalized spacial score (nSPS) is 25.3. The lowest BCUT2D eigenvalue weighted by atomic mass is 9.84. The number of esters is 1. The minimum Gasteiger partial charge on any atom is -0.458 e. The van der Waals surface area contributed by atoms with Gasteiger partial charge in [0.25, 0.3) is 0 Å². The molecule has 0 aliphatic carbocycles. The van der Waals surface area contributed by atoms with Gasteiger partial charge in [-0.05, 0) is 6.42 Å². The van der Waals surface area contributed by atoms with Crippen molar-refractivity contribution in [3.8, 4) is 0 Å². The van der Waals surface area contributed by atoms with Gasteiger partial charge in [-0.1, -0.05) is 90.4 Å². The summed E-state index contributed by atoms with van der Waals surface area (Å²) in [6.07, 6.45) is 19.2. The molecule has 3 unspecified atom stereocenters. The van der Waals surface area contributed by atoms with Crippen molar-refractivity contribution < 1.29 is 37.3 Å². The molecule has 3 saturated heterocycles. The fourth-order valence-corrected chi connectivity index (χ4v) is 6.81. The van der Waals surface area contributed by atoms with E-state index in [2.05, 4.69) is 14.0 Å². The zero-order chi connectivity index (χ0) is 27.7. The monoisotopic (exact) mass is 562 g/mol. The van der Waals surface area contributed by atoms with Gasteiger partial charge in [0.1, 0.15) is 18.8 Å². The summed E-state index contributed by atoms with van der Waals surface area (Å²) in [5, 5.41) is 0. The molecule has 0 spiro atoms. The van der Waals surface area contributed by atoms with Crippen molar-refractivity contribution in [1.82, 2.24) is 0 Å². The zero-order valence-electron chi connectivity index (χ0n) is 24.6. The predicted molar refractivity (Wildman–Crippen MR) is 151 cm³/mol. The Kier molecular flexibility index (Phi) is 16.7. The fourth-order valence-electron chi connectivity index (χ4n) is 5.81. The van der Waals surface area contributed by atoms with Crippen LogP contribution in [0.25, 0.3) is 0 Å². The highest BCUT2D eigenvalue weighted by Gasteiger charge is 2.46. The Morgan fingerprint density at radius 1 is 0.895 bits per heavy atom. The molecule has 38 heavy (non-hydrogen) atoms. The van der Waals surface area contributed by atoms with Gasteiger partial charge >= 0.3 is 13.8 Å². The first-order valence-corrected chi connectivity index (χ1v) is 17.0. The minimum atomic E-state index is -4.25. The third-order valence-corrected chi connectivity index (χ3v) is 9.21. The summed E-state index contributed by atoms with van der Waals surface area (Å²) in [4.78, 5) is 21.8. The Hall–Kier alpha value is -0.500. The zero-order valence-corrected chi connectivity index (χ0v) is 25.5. The van der Waals surface area contributed by atoms with E-state index in [0.29, 0.717) is 12.5 Å². The molecule has 3 aliphatic rings. The van der Waals surface area contributed by atoms with Crippen LogP contribution < -0.4 is 0 Å². The number of nitrogens with zero attached hydrogens (tertiary/aromatic N) is 1. The molecule has 9 heteroatoms. The van der Waals surface area contributed by atoms with Crippen molar-refractivity contribution >= 4 is 13.8 Å². The molecule has 2 bridgehead atoms. The molecule has 3 atom stereocenters. The first-order valence-electron chi connectivity index (χ1n) is 15.5. The number of hydrogen-bond acceptors (Lipinski definition) is 6. The SMILES string of the molecule is CCCCCCCCCCCCCCCCOCC(COP(=O)(O)OC1C[N+]2(C)CCC1CC2)OC(C)=O. The second-order valence-corrected chi connectivity index (χ2v) is 13.3. The largest absolute Gasteiger partial charge is 0.472 e. The van der Waals surface area contributed by atoms with Gasteiger partial charge in [0.05, 0.1) is 33.4 Å². The van der Waals surface area contributed by atoms with Gasteiger partial charge < -0.3 is 18.9 Å². The number of fused-ring (bicyclic) bond motifs is 3. The molecular formula is C29H57NO7P+. The van der Waals surface area contributed by atoms with E-state index in [9.17, 15) is 14.3 Å². The van der Waals surface area contributed by atoms with E-state index in [4.69, 9.17) is 18.5 Å². The molecule has 0 amide bonds. The highest BCUT2D eigenvalue weighted by atomic mass is 31.2. The van der Waals surface area contributed by atoms with Crippen molar-refractivity contribution in [2.75, 3.05) is 46.5 Å². The van der Waals surface area contributed by atoms with E-state index in [0.717, 1.165) is 49.8 Å². The Morgan fingerprint density at radius 3 is 1.92 bits per heavy atom. The first kappa shape index (κ1) is 33.7. The number of carbonyl (C=O) groups is 1. The van der Waals surface area contributed by atoms with Crippen LogP contribution in [0.2, 0.25) is 0 Å². The summed E-state index contributed by atoms with van der Waals surface area (Å²) >= 11 is 0. The highest BCUT2D eigenvalue weighted by molar-refractivity contribution is 7.47. The topological polar surface area (TPSA) is 91.3 Å². The molecule has 0 aromatic heterocycles. The number of rotatable bonds is 23.